The summed E-state index contributed by atoms with van der Waals surface area (Å²) in [7, 11) is -3.19. The minimum absolute atomic E-state index is 0.188. The van der Waals surface area contributed by atoms with Crippen molar-refractivity contribution in [3.8, 4) is 0 Å². The molecule has 2 atom stereocenters. The van der Waals surface area contributed by atoms with E-state index in [0.717, 1.165) is 47.2 Å². The number of amides is 3. The molecule has 11 nitrogen and oxygen atoms in total. The second-order valence-electron chi connectivity index (χ2n) is 9.52. The Labute approximate surface area is 222 Å². The lowest BCUT2D eigenvalue weighted by Crippen LogP contribution is -2.53. The van der Waals surface area contributed by atoms with Gasteiger partial charge >= 0.3 is 0 Å². The number of nitrogens with one attached hydrogen (secondary N) is 3. The van der Waals surface area contributed by atoms with Gasteiger partial charge in [-0.2, -0.15) is 0 Å². The summed E-state index contributed by atoms with van der Waals surface area (Å²) in [5.41, 5.74) is 2.47. The van der Waals surface area contributed by atoms with Crippen molar-refractivity contribution >= 4 is 45.8 Å². The number of carbonyl (C=O) groups excluding carboxylic acids is 3. The first-order valence-electron chi connectivity index (χ1n) is 12.7. The second kappa shape index (κ2) is 11.2. The van der Waals surface area contributed by atoms with Gasteiger partial charge in [-0.25, -0.2) is 8.42 Å². The molecule has 3 aliphatic heterocycles. The maximum absolute atomic E-state index is 13.3. The number of aliphatic imine (C=N–C) groups is 1. The van der Waals surface area contributed by atoms with Crippen molar-refractivity contribution in [2.24, 2.45) is 4.99 Å². The number of rotatable bonds is 8. The second-order valence-corrected chi connectivity index (χ2v) is 10.4. The molecule has 2 aromatic rings. The van der Waals surface area contributed by atoms with Crippen molar-refractivity contribution in [3.05, 3.63) is 59.7 Å². The Hall–Kier alpha value is -3.93. The molecule has 0 bridgehead atoms. The van der Waals surface area contributed by atoms with Gasteiger partial charge in [0.15, 0.2) is 0 Å². The summed E-state index contributed by atoms with van der Waals surface area (Å²) in [5, 5.41) is 8.69. The maximum Gasteiger partial charge on any atom is 0.248 e. The monoisotopic (exact) mass is 538 g/mol. The Kier molecular flexibility index (Phi) is 7.59. The van der Waals surface area contributed by atoms with E-state index in [1.165, 1.54) is 0 Å². The van der Waals surface area contributed by atoms with Gasteiger partial charge in [0.1, 0.15) is 17.9 Å². The minimum atomic E-state index is -3.19. The smallest absolute Gasteiger partial charge is 0.248 e. The van der Waals surface area contributed by atoms with Crippen molar-refractivity contribution in [2.45, 2.75) is 37.8 Å². The van der Waals surface area contributed by atoms with Crippen LogP contribution in [0, 0.1) is 0 Å². The number of para-hydroxylation sites is 2. The Morgan fingerprint density at radius 1 is 1.08 bits per heavy atom. The van der Waals surface area contributed by atoms with Gasteiger partial charge in [0.25, 0.3) is 0 Å². The molecule has 0 spiro atoms. The molecule has 5 rings (SSSR count). The third-order valence-corrected chi connectivity index (χ3v) is 7.80. The number of hydrogen-bond donors (Lipinski definition) is 4. The summed E-state index contributed by atoms with van der Waals surface area (Å²) in [5.74, 6) is -0.528. The van der Waals surface area contributed by atoms with Crippen LogP contribution >= 0.6 is 0 Å². The molecule has 2 aromatic carbocycles. The van der Waals surface area contributed by atoms with Crippen LogP contribution in [0.4, 0.5) is 11.4 Å². The van der Waals surface area contributed by atoms with Gasteiger partial charge in [-0.05, 0) is 30.5 Å². The Morgan fingerprint density at radius 2 is 1.82 bits per heavy atom. The van der Waals surface area contributed by atoms with Gasteiger partial charge in [-0.1, -0.05) is 36.4 Å². The summed E-state index contributed by atoms with van der Waals surface area (Å²) in [6, 6.07) is 12.1. The molecule has 0 saturated carbocycles. The highest BCUT2D eigenvalue weighted by Gasteiger charge is 2.37. The van der Waals surface area contributed by atoms with Crippen LogP contribution in [0.15, 0.2) is 53.5 Å². The molecule has 38 heavy (non-hydrogen) atoms. The summed E-state index contributed by atoms with van der Waals surface area (Å²) < 4.78 is 25.1. The largest absolute Gasteiger partial charge is 0.368 e. The van der Waals surface area contributed by atoms with E-state index < -0.39 is 41.2 Å². The third kappa shape index (κ3) is 5.49. The molecule has 0 aliphatic carbocycles. The molecule has 3 amide bonds. The molecular formula is C26H30N6O5S. The lowest BCUT2D eigenvalue weighted by Gasteiger charge is -2.33. The predicted octanol–water partition coefficient (Wildman–Crippen LogP) is 0.430. The van der Waals surface area contributed by atoms with Gasteiger partial charge in [-0.15, -0.1) is 0 Å². The Bertz CT molecular complexity index is 1330. The molecule has 12 heteroatoms. The molecule has 0 radical (unpaired) electrons. The van der Waals surface area contributed by atoms with Gasteiger partial charge in [0.2, 0.25) is 28.6 Å². The fourth-order valence-electron chi connectivity index (χ4n) is 5.07. The first-order chi connectivity index (χ1) is 18.4. The fraction of sp³-hybridized carbons (Fsp3) is 0.385. The number of fused-ring (bicyclic) bond motifs is 1. The number of thiol groups is 1. The molecule has 200 valence electrons. The van der Waals surface area contributed by atoms with Crippen molar-refractivity contribution in [1.29, 1.82) is 0 Å². The summed E-state index contributed by atoms with van der Waals surface area (Å²) in [6.07, 6.45) is 1.66. The standard InChI is InChI=1S/C26H30N6O5S/c33-23(16-22-25(34)30-19-5-1-2-6-21(19)32(22)38(36)37)29-20(26(35)31-13-3-4-14-31)15-17-7-9-18(10-8-17)24-27-11-12-28-24/h1-2,5-10,20,22,38H,3-4,11-16H2,(H,27,28)(H,29,33)(H,30,34). The van der Waals surface area contributed by atoms with Crippen LogP contribution in [0.25, 0.3) is 0 Å². The first-order valence-corrected chi connectivity index (χ1v) is 13.8. The molecule has 3 aliphatic rings. The van der Waals surface area contributed by atoms with E-state index in [1.54, 1.807) is 29.2 Å². The van der Waals surface area contributed by atoms with E-state index in [-0.39, 0.29) is 12.3 Å². The topological polar surface area (TPSA) is 140 Å². The summed E-state index contributed by atoms with van der Waals surface area (Å²) >= 11 is 0. The van der Waals surface area contributed by atoms with Crippen molar-refractivity contribution in [2.75, 3.05) is 35.8 Å². The van der Waals surface area contributed by atoms with E-state index >= 15 is 0 Å². The summed E-state index contributed by atoms with van der Waals surface area (Å²) in [4.78, 5) is 45.5. The van der Waals surface area contributed by atoms with Gasteiger partial charge in [0.05, 0.1) is 24.3 Å². The third-order valence-electron chi connectivity index (χ3n) is 6.95. The van der Waals surface area contributed by atoms with Crippen molar-refractivity contribution < 1.29 is 22.8 Å². The molecule has 3 N–H and O–H groups in total. The highest BCUT2D eigenvalue weighted by Crippen LogP contribution is 2.32. The molecule has 3 heterocycles. The van der Waals surface area contributed by atoms with E-state index in [1.807, 2.05) is 24.3 Å². The van der Waals surface area contributed by atoms with Crippen molar-refractivity contribution in [3.63, 3.8) is 0 Å². The van der Waals surface area contributed by atoms with Crippen molar-refractivity contribution in [1.82, 2.24) is 15.5 Å². The molecule has 1 fully saturated rings. The van der Waals surface area contributed by atoms with Gasteiger partial charge in [-0.3, -0.25) is 23.7 Å². The number of hydrogen-bond acceptors (Lipinski definition) is 7. The number of carbonyl (C=O) groups is 3. The number of nitrogens with zero attached hydrogens (tertiary/aromatic N) is 3. The van der Waals surface area contributed by atoms with Crippen LogP contribution in [0.5, 0.6) is 0 Å². The fourth-order valence-corrected chi connectivity index (χ4v) is 5.83. The lowest BCUT2D eigenvalue weighted by molar-refractivity contribution is -0.135. The van der Waals surface area contributed by atoms with Crippen LogP contribution in [0.1, 0.15) is 30.4 Å². The predicted molar refractivity (Wildman–Crippen MR) is 144 cm³/mol. The average molecular weight is 539 g/mol. The number of benzene rings is 2. The SMILES string of the molecule is O=C(CC1C(=O)Nc2ccccc2N1[SH](=O)=O)NC(Cc1ccc(C2=NCCN2)cc1)C(=O)N1CCCC1. The van der Waals surface area contributed by atoms with Crippen LogP contribution < -0.4 is 20.3 Å². The number of anilines is 2. The summed E-state index contributed by atoms with van der Waals surface area (Å²) in [6.45, 7) is 2.79. The Balaban J connectivity index is 1.32. The maximum atomic E-state index is 13.3. The average Bonchev–Trinajstić information content (AvgIpc) is 3.63. The zero-order valence-corrected chi connectivity index (χ0v) is 21.7. The van der Waals surface area contributed by atoms with Gasteiger partial charge < -0.3 is 20.9 Å². The molecular weight excluding hydrogens is 508 g/mol. The molecule has 1 saturated heterocycles. The highest BCUT2D eigenvalue weighted by atomic mass is 32.2. The molecule has 0 aromatic heterocycles. The van der Waals surface area contributed by atoms with Crippen LogP contribution in [-0.2, 0) is 31.7 Å². The van der Waals surface area contributed by atoms with Crippen LogP contribution in [0.2, 0.25) is 0 Å². The lowest BCUT2D eigenvalue weighted by atomic mass is 10.0. The van der Waals surface area contributed by atoms with E-state index in [4.69, 9.17) is 0 Å². The minimum Gasteiger partial charge on any atom is -0.368 e. The zero-order valence-electron chi connectivity index (χ0n) is 20.8. The molecule has 2 unspecified atom stereocenters. The number of likely N-dealkylation sites (tertiary alicyclic amines) is 1. The van der Waals surface area contributed by atoms with E-state index in [2.05, 4.69) is 20.9 Å². The van der Waals surface area contributed by atoms with E-state index in [0.29, 0.717) is 24.5 Å². The van der Waals surface area contributed by atoms with E-state index in [9.17, 15) is 22.8 Å². The van der Waals surface area contributed by atoms with Crippen LogP contribution in [0.3, 0.4) is 0 Å². The quantitative estimate of drug-likeness (QED) is 0.360. The zero-order chi connectivity index (χ0) is 26.6. The normalized spacial score (nSPS) is 19.4. The van der Waals surface area contributed by atoms with Crippen LogP contribution in [-0.4, -0.2) is 75.1 Å². The highest BCUT2D eigenvalue weighted by molar-refractivity contribution is 7.74. The number of amidine groups is 1. The first kappa shape index (κ1) is 25.7. The Morgan fingerprint density at radius 3 is 2.50 bits per heavy atom. The van der Waals surface area contributed by atoms with Gasteiger partial charge in [0, 0.05) is 31.6 Å².